The zero-order valence-electron chi connectivity index (χ0n) is 14.5. The highest BCUT2D eigenvalue weighted by atomic mass is 16.5. The zero-order valence-corrected chi connectivity index (χ0v) is 14.5. The molecule has 4 nitrogen and oxygen atoms in total. The summed E-state index contributed by atoms with van der Waals surface area (Å²) in [5.74, 6) is -0.142. The summed E-state index contributed by atoms with van der Waals surface area (Å²) in [5.41, 5.74) is 0.0498. The van der Waals surface area contributed by atoms with Crippen LogP contribution in [0.2, 0.25) is 0 Å². The van der Waals surface area contributed by atoms with Crippen molar-refractivity contribution in [2.45, 2.75) is 53.4 Å². The van der Waals surface area contributed by atoms with Gasteiger partial charge in [0.15, 0.2) is 0 Å². The molecule has 0 radical (unpaired) electrons. The summed E-state index contributed by atoms with van der Waals surface area (Å²) in [7, 11) is 0. The second kappa shape index (κ2) is 12.9. The lowest BCUT2D eigenvalue weighted by Gasteiger charge is -2.14. The number of hydrogen-bond donors (Lipinski definition) is 0. The fourth-order valence-electron chi connectivity index (χ4n) is 2.02. The van der Waals surface area contributed by atoms with Gasteiger partial charge < -0.3 is 9.64 Å². The van der Waals surface area contributed by atoms with Crippen LogP contribution in [-0.4, -0.2) is 30.6 Å². The third-order valence-electron chi connectivity index (χ3n) is 3.71. The van der Waals surface area contributed by atoms with E-state index in [0.717, 1.165) is 38.8 Å². The highest BCUT2D eigenvalue weighted by molar-refractivity contribution is 5.93. The maximum atomic E-state index is 11.9. The SMILES string of the molecule is CCCCC(CC)COC(=O)/C(C#N)=C/C=C/N(CC)CC. The molecule has 0 aliphatic carbocycles. The Kier molecular flexibility index (Phi) is 11.9. The molecule has 0 heterocycles. The molecule has 0 amide bonds. The third-order valence-corrected chi connectivity index (χ3v) is 3.71. The fraction of sp³-hybridized carbons (Fsp3) is 0.667. The number of carbonyl (C=O) groups excluding carboxylic acids is 1. The average molecular weight is 306 g/mol. The summed E-state index contributed by atoms with van der Waals surface area (Å²) in [5, 5.41) is 9.07. The third kappa shape index (κ3) is 8.51. The number of esters is 1. The molecule has 124 valence electrons. The Morgan fingerprint density at radius 2 is 1.95 bits per heavy atom. The predicted molar refractivity (Wildman–Crippen MR) is 90.0 cm³/mol. The Morgan fingerprint density at radius 1 is 1.27 bits per heavy atom. The summed E-state index contributed by atoms with van der Waals surface area (Å²) in [6.45, 7) is 10.5. The lowest BCUT2D eigenvalue weighted by Crippen LogP contribution is -2.15. The largest absolute Gasteiger partial charge is 0.461 e. The van der Waals surface area contributed by atoms with Crippen LogP contribution < -0.4 is 0 Å². The molecule has 0 rings (SSSR count). The topological polar surface area (TPSA) is 53.3 Å². The van der Waals surface area contributed by atoms with Crippen LogP contribution in [0.4, 0.5) is 0 Å². The van der Waals surface area contributed by atoms with Crippen LogP contribution in [0.3, 0.4) is 0 Å². The summed E-state index contributed by atoms with van der Waals surface area (Å²) in [6.07, 6.45) is 9.46. The highest BCUT2D eigenvalue weighted by Gasteiger charge is 2.13. The normalized spacial score (nSPS) is 13.0. The minimum Gasteiger partial charge on any atom is -0.461 e. The first kappa shape index (κ1) is 20.2. The molecule has 0 fully saturated rings. The maximum Gasteiger partial charge on any atom is 0.348 e. The monoisotopic (exact) mass is 306 g/mol. The van der Waals surface area contributed by atoms with Gasteiger partial charge in [-0.3, -0.25) is 0 Å². The van der Waals surface area contributed by atoms with Gasteiger partial charge >= 0.3 is 5.97 Å². The Balaban J connectivity index is 4.49. The van der Waals surface area contributed by atoms with E-state index in [4.69, 9.17) is 10.00 Å². The summed E-state index contributed by atoms with van der Waals surface area (Å²) >= 11 is 0. The molecule has 0 saturated heterocycles. The van der Waals surface area contributed by atoms with E-state index in [1.807, 2.05) is 12.3 Å². The highest BCUT2D eigenvalue weighted by Crippen LogP contribution is 2.13. The van der Waals surface area contributed by atoms with Gasteiger partial charge in [0.2, 0.25) is 0 Å². The van der Waals surface area contributed by atoms with Gasteiger partial charge in [-0.05, 0) is 44.5 Å². The number of rotatable bonds is 11. The molecule has 1 atom stereocenters. The molecule has 0 N–H and O–H groups in total. The molecule has 0 saturated carbocycles. The van der Waals surface area contributed by atoms with Crippen molar-refractivity contribution in [3.63, 3.8) is 0 Å². The van der Waals surface area contributed by atoms with E-state index in [1.54, 1.807) is 6.08 Å². The van der Waals surface area contributed by atoms with E-state index in [-0.39, 0.29) is 5.57 Å². The van der Waals surface area contributed by atoms with E-state index in [2.05, 4.69) is 32.6 Å². The Labute approximate surface area is 135 Å². The Bertz CT molecular complexity index is 404. The standard InChI is InChI=1S/C18H30N2O2/c1-5-9-11-16(6-2)15-22-18(21)17(14-19)12-10-13-20(7-3)8-4/h10,12-13,16H,5-9,11,15H2,1-4H3/b13-10+,17-12+. The van der Waals surface area contributed by atoms with Crippen LogP contribution in [-0.2, 0) is 9.53 Å². The molecular weight excluding hydrogens is 276 g/mol. The number of ether oxygens (including phenoxy) is 1. The van der Waals surface area contributed by atoms with Crippen LogP contribution in [0, 0.1) is 17.2 Å². The number of hydrogen-bond acceptors (Lipinski definition) is 4. The lowest BCUT2D eigenvalue weighted by atomic mass is 10.0. The predicted octanol–water partition coefficient (Wildman–Crippen LogP) is 4.05. The first-order valence-corrected chi connectivity index (χ1v) is 8.32. The van der Waals surface area contributed by atoms with Crippen LogP contribution in [0.1, 0.15) is 53.4 Å². The average Bonchev–Trinajstić information content (AvgIpc) is 2.55. The van der Waals surface area contributed by atoms with E-state index >= 15 is 0 Å². The minimum absolute atomic E-state index is 0.0498. The van der Waals surface area contributed by atoms with Crippen molar-refractivity contribution >= 4 is 5.97 Å². The molecule has 0 spiro atoms. The smallest absolute Gasteiger partial charge is 0.348 e. The molecule has 0 aliphatic heterocycles. The first-order chi connectivity index (χ1) is 10.6. The minimum atomic E-state index is -0.526. The Hall–Kier alpha value is -1.76. The second-order valence-corrected chi connectivity index (χ2v) is 5.27. The molecule has 0 bridgehead atoms. The number of unbranched alkanes of at least 4 members (excludes halogenated alkanes) is 1. The van der Waals surface area contributed by atoms with Gasteiger partial charge in [-0.1, -0.05) is 33.1 Å². The molecule has 0 aromatic rings. The summed E-state index contributed by atoms with van der Waals surface area (Å²) < 4.78 is 5.28. The van der Waals surface area contributed by atoms with E-state index in [1.165, 1.54) is 6.08 Å². The lowest BCUT2D eigenvalue weighted by molar-refractivity contribution is -0.140. The van der Waals surface area contributed by atoms with Gasteiger partial charge in [-0.15, -0.1) is 0 Å². The van der Waals surface area contributed by atoms with Gasteiger partial charge in [-0.2, -0.15) is 5.26 Å². The quantitative estimate of drug-likeness (QED) is 0.250. The molecule has 4 heteroatoms. The zero-order chi connectivity index (χ0) is 16.8. The van der Waals surface area contributed by atoms with Crippen molar-refractivity contribution in [3.05, 3.63) is 23.9 Å². The van der Waals surface area contributed by atoms with Crippen LogP contribution in [0.15, 0.2) is 23.9 Å². The van der Waals surface area contributed by atoms with E-state index in [0.29, 0.717) is 12.5 Å². The molecule has 0 aromatic heterocycles. The fourth-order valence-corrected chi connectivity index (χ4v) is 2.02. The van der Waals surface area contributed by atoms with Crippen molar-refractivity contribution in [2.24, 2.45) is 5.92 Å². The number of nitriles is 1. The second-order valence-electron chi connectivity index (χ2n) is 5.27. The Morgan fingerprint density at radius 3 is 2.45 bits per heavy atom. The van der Waals surface area contributed by atoms with Crippen molar-refractivity contribution in [3.8, 4) is 6.07 Å². The van der Waals surface area contributed by atoms with E-state index in [9.17, 15) is 4.79 Å². The van der Waals surface area contributed by atoms with Crippen molar-refractivity contribution in [1.29, 1.82) is 5.26 Å². The number of nitrogens with zero attached hydrogens (tertiary/aromatic N) is 2. The maximum absolute atomic E-state index is 11.9. The van der Waals surface area contributed by atoms with Gasteiger partial charge in [0.05, 0.1) is 6.61 Å². The van der Waals surface area contributed by atoms with Gasteiger partial charge in [0, 0.05) is 13.1 Å². The molecular formula is C18H30N2O2. The summed E-state index contributed by atoms with van der Waals surface area (Å²) in [6, 6.07) is 1.91. The first-order valence-electron chi connectivity index (χ1n) is 8.32. The van der Waals surface area contributed by atoms with Crippen LogP contribution in [0.25, 0.3) is 0 Å². The number of carbonyl (C=O) groups is 1. The van der Waals surface area contributed by atoms with Crippen LogP contribution >= 0.6 is 0 Å². The van der Waals surface area contributed by atoms with E-state index < -0.39 is 5.97 Å². The van der Waals surface area contributed by atoms with Gasteiger partial charge in [0.25, 0.3) is 0 Å². The van der Waals surface area contributed by atoms with Gasteiger partial charge in [-0.25, -0.2) is 4.79 Å². The molecule has 1 unspecified atom stereocenters. The van der Waals surface area contributed by atoms with Crippen molar-refractivity contribution < 1.29 is 9.53 Å². The molecule has 0 aromatic carbocycles. The van der Waals surface area contributed by atoms with Crippen molar-refractivity contribution in [1.82, 2.24) is 4.90 Å². The molecule has 22 heavy (non-hydrogen) atoms. The summed E-state index contributed by atoms with van der Waals surface area (Å²) in [4.78, 5) is 14.0. The van der Waals surface area contributed by atoms with Gasteiger partial charge in [0.1, 0.15) is 11.6 Å². The molecule has 0 aliphatic rings. The number of allylic oxidation sites excluding steroid dienone is 2. The van der Waals surface area contributed by atoms with Crippen LogP contribution in [0.5, 0.6) is 0 Å². The van der Waals surface area contributed by atoms with Crippen molar-refractivity contribution in [2.75, 3.05) is 19.7 Å².